The molecule has 2 aromatic carbocycles. The first-order valence-corrected chi connectivity index (χ1v) is 8.54. The van der Waals surface area contributed by atoms with E-state index in [1.165, 1.54) is 12.1 Å². The molecule has 0 atom stereocenters. The number of rotatable bonds is 4. The fraction of sp³-hybridized carbons (Fsp3) is 0.200. The second-order valence-electron chi connectivity index (χ2n) is 4.76. The Kier molecular flexibility index (Phi) is 4.24. The minimum atomic E-state index is -3.63. The second kappa shape index (κ2) is 6.16. The van der Waals surface area contributed by atoms with E-state index in [-0.39, 0.29) is 11.4 Å². The van der Waals surface area contributed by atoms with Gasteiger partial charge in [0.25, 0.3) is 0 Å². The Morgan fingerprint density at radius 2 is 1.82 bits per heavy atom. The van der Waals surface area contributed by atoms with Crippen LogP contribution in [0.2, 0.25) is 5.02 Å². The zero-order valence-corrected chi connectivity index (χ0v) is 13.2. The Labute approximate surface area is 133 Å². The van der Waals surface area contributed by atoms with E-state index in [0.29, 0.717) is 29.7 Å². The molecule has 0 bridgehead atoms. The number of sulfonamides is 1. The van der Waals surface area contributed by atoms with Gasteiger partial charge in [0, 0.05) is 17.6 Å². The van der Waals surface area contributed by atoms with Gasteiger partial charge in [0.15, 0.2) is 11.5 Å². The highest BCUT2D eigenvalue weighted by Gasteiger charge is 2.19. The standard InChI is InChI=1S/C15H14ClNO4S/c16-12-3-1-2-11(8-12)10-17-22(18,19)13-4-5-14-15(9-13)21-7-6-20-14/h1-5,8-9,17H,6-7,10H2. The maximum atomic E-state index is 12.3. The van der Waals surface area contributed by atoms with Crippen LogP contribution >= 0.6 is 11.6 Å². The molecule has 22 heavy (non-hydrogen) atoms. The van der Waals surface area contributed by atoms with E-state index in [2.05, 4.69) is 4.72 Å². The quantitative estimate of drug-likeness (QED) is 0.930. The summed E-state index contributed by atoms with van der Waals surface area (Å²) >= 11 is 5.88. The molecule has 0 unspecified atom stereocenters. The zero-order chi connectivity index (χ0) is 15.6. The van der Waals surface area contributed by atoms with Gasteiger partial charge in [-0.3, -0.25) is 0 Å². The molecule has 1 heterocycles. The van der Waals surface area contributed by atoms with E-state index in [1.807, 2.05) is 0 Å². The third-order valence-electron chi connectivity index (χ3n) is 3.18. The summed E-state index contributed by atoms with van der Waals surface area (Å²) in [5, 5.41) is 0.566. The number of halogens is 1. The molecule has 1 aliphatic rings. The SMILES string of the molecule is O=S(=O)(NCc1cccc(Cl)c1)c1ccc2c(c1)OCCO2. The summed E-state index contributed by atoms with van der Waals surface area (Å²) in [6.07, 6.45) is 0. The van der Waals surface area contributed by atoms with Crippen LogP contribution in [0.5, 0.6) is 11.5 Å². The molecule has 0 aromatic heterocycles. The monoisotopic (exact) mass is 339 g/mol. The van der Waals surface area contributed by atoms with E-state index >= 15 is 0 Å². The van der Waals surface area contributed by atoms with Gasteiger partial charge in [-0.05, 0) is 29.8 Å². The molecule has 0 amide bonds. The van der Waals surface area contributed by atoms with E-state index in [1.54, 1.807) is 30.3 Å². The van der Waals surface area contributed by atoms with Gasteiger partial charge >= 0.3 is 0 Å². The first-order valence-electron chi connectivity index (χ1n) is 6.68. The second-order valence-corrected chi connectivity index (χ2v) is 6.96. The lowest BCUT2D eigenvalue weighted by atomic mass is 10.2. The smallest absolute Gasteiger partial charge is 0.241 e. The molecular weight excluding hydrogens is 326 g/mol. The Bertz CT molecular complexity index is 792. The topological polar surface area (TPSA) is 64.6 Å². The zero-order valence-electron chi connectivity index (χ0n) is 11.6. The van der Waals surface area contributed by atoms with Gasteiger partial charge in [-0.1, -0.05) is 23.7 Å². The summed E-state index contributed by atoms with van der Waals surface area (Å²) in [5.41, 5.74) is 0.786. The van der Waals surface area contributed by atoms with Crippen LogP contribution in [0, 0.1) is 0 Å². The molecule has 2 aromatic rings. The lowest BCUT2D eigenvalue weighted by molar-refractivity contribution is 0.171. The highest BCUT2D eigenvalue weighted by atomic mass is 35.5. The van der Waals surface area contributed by atoms with Gasteiger partial charge in [-0.15, -0.1) is 0 Å². The van der Waals surface area contributed by atoms with Gasteiger partial charge < -0.3 is 9.47 Å². The average molecular weight is 340 g/mol. The van der Waals surface area contributed by atoms with Crippen molar-refractivity contribution in [3.05, 3.63) is 53.1 Å². The van der Waals surface area contributed by atoms with Crippen LogP contribution in [0.25, 0.3) is 0 Å². The average Bonchev–Trinajstić information content (AvgIpc) is 2.53. The van der Waals surface area contributed by atoms with E-state index in [4.69, 9.17) is 21.1 Å². The first kappa shape index (κ1) is 15.1. The molecule has 0 aliphatic carbocycles. The predicted molar refractivity (Wildman–Crippen MR) is 82.9 cm³/mol. The number of ether oxygens (including phenoxy) is 2. The summed E-state index contributed by atoms with van der Waals surface area (Å²) in [6.45, 7) is 1.04. The van der Waals surface area contributed by atoms with Crippen LogP contribution in [0.1, 0.15) is 5.56 Å². The Morgan fingerprint density at radius 1 is 1.05 bits per heavy atom. The summed E-state index contributed by atoms with van der Waals surface area (Å²) < 4.78 is 38.0. The van der Waals surface area contributed by atoms with Crippen molar-refractivity contribution < 1.29 is 17.9 Å². The summed E-state index contributed by atoms with van der Waals surface area (Å²) in [5.74, 6) is 0.997. The number of hydrogen-bond donors (Lipinski definition) is 1. The van der Waals surface area contributed by atoms with Crippen molar-refractivity contribution in [1.29, 1.82) is 0 Å². The van der Waals surface area contributed by atoms with E-state index < -0.39 is 10.0 Å². The van der Waals surface area contributed by atoms with E-state index in [9.17, 15) is 8.42 Å². The molecule has 7 heteroatoms. The highest BCUT2D eigenvalue weighted by molar-refractivity contribution is 7.89. The summed E-state index contributed by atoms with van der Waals surface area (Å²) in [6, 6.07) is 11.6. The predicted octanol–water partition coefficient (Wildman–Crippen LogP) is 2.59. The normalized spacial score (nSPS) is 13.9. The Morgan fingerprint density at radius 3 is 2.59 bits per heavy atom. The third kappa shape index (κ3) is 3.35. The van der Waals surface area contributed by atoms with E-state index in [0.717, 1.165) is 5.56 Å². The van der Waals surface area contributed by atoms with Crippen molar-refractivity contribution >= 4 is 21.6 Å². The molecule has 1 N–H and O–H groups in total. The number of benzene rings is 2. The summed E-state index contributed by atoms with van der Waals surface area (Å²) in [7, 11) is -3.63. The summed E-state index contributed by atoms with van der Waals surface area (Å²) in [4.78, 5) is 0.138. The maximum Gasteiger partial charge on any atom is 0.241 e. The molecule has 5 nitrogen and oxygen atoms in total. The third-order valence-corrected chi connectivity index (χ3v) is 4.81. The largest absolute Gasteiger partial charge is 0.486 e. The maximum absolute atomic E-state index is 12.3. The number of hydrogen-bond acceptors (Lipinski definition) is 4. The van der Waals surface area contributed by atoms with Crippen LogP contribution in [0.4, 0.5) is 0 Å². The van der Waals surface area contributed by atoms with Gasteiger partial charge in [-0.25, -0.2) is 13.1 Å². The molecular formula is C15H14ClNO4S. The fourth-order valence-electron chi connectivity index (χ4n) is 2.10. The van der Waals surface area contributed by atoms with Crippen molar-refractivity contribution in [2.75, 3.05) is 13.2 Å². The van der Waals surface area contributed by atoms with Crippen LogP contribution in [0.3, 0.4) is 0 Å². The van der Waals surface area contributed by atoms with Crippen LogP contribution < -0.4 is 14.2 Å². The number of nitrogens with one attached hydrogen (secondary N) is 1. The minimum Gasteiger partial charge on any atom is -0.486 e. The minimum absolute atomic E-state index is 0.138. The van der Waals surface area contributed by atoms with Crippen molar-refractivity contribution in [1.82, 2.24) is 4.72 Å². The van der Waals surface area contributed by atoms with Crippen molar-refractivity contribution in [3.63, 3.8) is 0 Å². The fourth-order valence-corrected chi connectivity index (χ4v) is 3.35. The Balaban J connectivity index is 1.78. The van der Waals surface area contributed by atoms with Gasteiger partial charge in [0.2, 0.25) is 10.0 Å². The molecule has 3 rings (SSSR count). The van der Waals surface area contributed by atoms with Gasteiger partial charge in [0.05, 0.1) is 4.90 Å². The molecule has 0 radical (unpaired) electrons. The lowest BCUT2D eigenvalue weighted by Gasteiger charge is -2.18. The molecule has 0 spiro atoms. The molecule has 0 fully saturated rings. The van der Waals surface area contributed by atoms with Crippen LogP contribution in [-0.4, -0.2) is 21.6 Å². The number of fused-ring (bicyclic) bond motifs is 1. The Hall–Kier alpha value is -1.76. The molecule has 1 aliphatic heterocycles. The van der Waals surface area contributed by atoms with Crippen molar-refractivity contribution in [3.8, 4) is 11.5 Å². The van der Waals surface area contributed by atoms with Gasteiger partial charge in [-0.2, -0.15) is 0 Å². The highest BCUT2D eigenvalue weighted by Crippen LogP contribution is 2.32. The van der Waals surface area contributed by atoms with Crippen molar-refractivity contribution in [2.24, 2.45) is 0 Å². The van der Waals surface area contributed by atoms with Crippen LogP contribution in [-0.2, 0) is 16.6 Å². The van der Waals surface area contributed by atoms with Crippen LogP contribution in [0.15, 0.2) is 47.4 Å². The molecule has 0 saturated heterocycles. The molecule has 116 valence electrons. The van der Waals surface area contributed by atoms with Crippen molar-refractivity contribution in [2.45, 2.75) is 11.4 Å². The van der Waals surface area contributed by atoms with Gasteiger partial charge in [0.1, 0.15) is 13.2 Å². The lowest BCUT2D eigenvalue weighted by Crippen LogP contribution is -2.23. The first-order chi connectivity index (χ1) is 10.5. The molecule has 0 saturated carbocycles.